The minimum Gasteiger partial charge on any atom is -0.480 e. The van der Waals surface area contributed by atoms with Crippen LogP contribution < -0.4 is 11.0 Å². The minimum atomic E-state index is -1.22. The number of carbonyl (C=O) groups is 2. The molecule has 8 heteroatoms. The minimum absolute atomic E-state index is 0.193. The summed E-state index contributed by atoms with van der Waals surface area (Å²) in [6, 6.07) is 3.19. The van der Waals surface area contributed by atoms with E-state index < -0.39 is 24.8 Å². The Morgan fingerprint density at radius 3 is 2.63 bits per heavy atom. The van der Waals surface area contributed by atoms with E-state index in [-0.39, 0.29) is 17.7 Å². The molecule has 1 rings (SSSR count). The van der Waals surface area contributed by atoms with Crippen LogP contribution in [0.15, 0.2) is 18.2 Å². The van der Waals surface area contributed by atoms with Crippen molar-refractivity contribution in [1.29, 1.82) is 0 Å². The van der Waals surface area contributed by atoms with E-state index in [1.165, 1.54) is 25.0 Å². The molecule has 0 aliphatic rings. The van der Waals surface area contributed by atoms with Crippen molar-refractivity contribution >= 4 is 36.1 Å². The molecule has 1 aromatic carbocycles. The maximum absolute atomic E-state index is 12.0. The third kappa shape index (κ3) is 4.55. The summed E-state index contributed by atoms with van der Waals surface area (Å²) >= 11 is 5.72. The molecule has 0 saturated heterocycles. The van der Waals surface area contributed by atoms with Gasteiger partial charge in [-0.05, 0) is 25.0 Å². The average Bonchev–Trinajstić information content (AvgIpc) is 2.26. The third-order valence-corrected chi connectivity index (χ3v) is 2.68. The van der Waals surface area contributed by atoms with Crippen LogP contribution >= 0.6 is 11.6 Å². The van der Waals surface area contributed by atoms with Crippen molar-refractivity contribution in [2.75, 3.05) is 5.73 Å². The summed E-state index contributed by atoms with van der Waals surface area (Å²) < 4.78 is 0. The predicted molar refractivity (Wildman–Crippen MR) is 73.2 cm³/mol. The molecule has 0 saturated carbocycles. The lowest BCUT2D eigenvalue weighted by molar-refractivity contribution is -0.139. The number of ketones is 1. The lowest BCUT2D eigenvalue weighted by Crippen LogP contribution is -2.46. The Morgan fingerprint density at radius 2 is 2.16 bits per heavy atom. The van der Waals surface area contributed by atoms with Crippen LogP contribution in [0.4, 0.5) is 5.69 Å². The summed E-state index contributed by atoms with van der Waals surface area (Å²) in [5.41, 5.74) is 6.06. The fraction of sp³-hybridized carbons (Fsp3) is 0.273. The Kier molecular flexibility index (Phi) is 5.35. The Balaban J connectivity index is 2.84. The number of nitrogen functional groups attached to an aromatic ring is 1. The first kappa shape index (κ1) is 15.5. The highest BCUT2D eigenvalue weighted by atomic mass is 35.5. The summed E-state index contributed by atoms with van der Waals surface area (Å²) in [6.45, 7) is 1.37. The third-order valence-electron chi connectivity index (χ3n) is 2.44. The molecular weight excluding hydrogens is 270 g/mol. The number of benzene rings is 1. The molecule has 0 radical (unpaired) electrons. The molecule has 102 valence electrons. The quantitative estimate of drug-likeness (QED) is 0.346. The molecule has 1 aromatic rings. The second-order valence-corrected chi connectivity index (χ2v) is 4.53. The van der Waals surface area contributed by atoms with Gasteiger partial charge in [-0.3, -0.25) is 9.59 Å². The number of Topliss-reactive ketones (excluding diaryl/α,β-unsaturated/α-hetero) is 1. The van der Waals surface area contributed by atoms with E-state index >= 15 is 0 Å². The molecule has 0 amide bonds. The van der Waals surface area contributed by atoms with Gasteiger partial charge in [0.25, 0.3) is 0 Å². The van der Waals surface area contributed by atoms with E-state index in [0.29, 0.717) is 5.02 Å². The maximum Gasteiger partial charge on any atom is 0.374 e. The summed E-state index contributed by atoms with van der Waals surface area (Å²) in [6.07, 6.45) is -0.313. The predicted octanol–water partition coefficient (Wildman–Crippen LogP) is 0.648. The van der Waals surface area contributed by atoms with Crippen LogP contribution in [0.2, 0.25) is 11.8 Å². The van der Waals surface area contributed by atoms with Crippen molar-refractivity contribution in [1.82, 2.24) is 5.23 Å². The Labute approximate surface area is 115 Å². The SMILES string of the molecule is CB(O)NC(CC(=O)c1ccc(Cl)cc1N)C(=O)O. The van der Waals surface area contributed by atoms with E-state index in [4.69, 9.17) is 27.5 Å². The van der Waals surface area contributed by atoms with E-state index in [0.717, 1.165) is 0 Å². The maximum atomic E-state index is 12.0. The number of anilines is 1. The van der Waals surface area contributed by atoms with Crippen LogP contribution in [0.5, 0.6) is 0 Å². The van der Waals surface area contributed by atoms with Gasteiger partial charge < -0.3 is 21.1 Å². The van der Waals surface area contributed by atoms with E-state index in [9.17, 15) is 9.59 Å². The van der Waals surface area contributed by atoms with Crippen molar-refractivity contribution in [3.05, 3.63) is 28.8 Å². The van der Waals surface area contributed by atoms with Gasteiger partial charge in [0.15, 0.2) is 5.78 Å². The Morgan fingerprint density at radius 1 is 1.53 bits per heavy atom. The number of hydrogen-bond donors (Lipinski definition) is 4. The number of nitrogens with one attached hydrogen (secondary N) is 1. The molecule has 0 aliphatic heterocycles. The molecule has 1 atom stereocenters. The summed E-state index contributed by atoms with van der Waals surface area (Å²) in [7, 11) is -1.03. The first-order valence-corrected chi connectivity index (χ1v) is 5.94. The number of carbonyl (C=O) groups excluding carboxylic acids is 1. The second-order valence-electron chi connectivity index (χ2n) is 4.09. The average molecular weight is 285 g/mol. The van der Waals surface area contributed by atoms with Gasteiger partial charge in [-0.25, -0.2) is 0 Å². The zero-order chi connectivity index (χ0) is 14.6. The zero-order valence-electron chi connectivity index (χ0n) is 10.3. The second kappa shape index (κ2) is 6.56. The molecule has 5 N–H and O–H groups in total. The van der Waals surface area contributed by atoms with Crippen molar-refractivity contribution < 1.29 is 19.7 Å². The summed E-state index contributed by atoms with van der Waals surface area (Å²) in [5, 5.41) is 20.8. The molecular formula is C11H14BClN2O4. The number of carboxylic acids is 1. The van der Waals surface area contributed by atoms with Crippen molar-refractivity contribution in [2.45, 2.75) is 19.3 Å². The van der Waals surface area contributed by atoms with E-state index in [1.54, 1.807) is 0 Å². The molecule has 6 nitrogen and oxygen atoms in total. The van der Waals surface area contributed by atoms with Crippen LogP contribution in [0.3, 0.4) is 0 Å². The number of hydrogen-bond acceptors (Lipinski definition) is 5. The number of rotatable bonds is 6. The number of halogens is 1. The molecule has 0 heterocycles. The monoisotopic (exact) mass is 284 g/mol. The molecule has 0 fully saturated rings. The van der Waals surface area contributed by atoms with E-state index in [2.05, 4.69) is 5.23 Å². The van der Waals surface area contributed by atoms with Crippen LogP contribution in [0, 0.1) is 0 Å². The Hall–Kier alpha value is -1.57. The molecule has 1 unspecified atom stereocenters. The standard InChI is InChI=1S/C11H14BClN2O4/c1-12(19)15-9(11(17)18)5-10(16)7-3-2-6(13)4-8(7)14/h2-4,9,15,19H,5,14H2,1H3,(H,17,18). The summed E-state index contributed by atoms with van der Waals surface area (Å²) in [4.78, 5) is 22.9. The fourth-order valence-electron chi connectivity index (χ4n) is 1.59. The number of nitrogens with two attached hydrogens (primary N) is 1. The van der Waals surface area contributed by atoms with E-state index in [1.807, 2.05) is 0 Å². The molecule has 0 aliphatic carbocycles. The van der Waals surface area contributed by atoms with Gasteiger partial charge in [-0.2, -0.15) is 0 Å². The smallest absolute Gasteiger partial charge is 0.374 e. The largest absolute Gasteiger partial charge is 0.480 e. The lowest BCUT2D eigenvalue weighted by Gasteiger charge is -2.14. The van der Waals surface area contributed by atoms with Crippen LogP contribution in [0.1, 0.15) is 16.8 Å². The van der Waals surface area contributed by atoms with Gasteiger partial charge in [-0.15, -0.1) is 0 Å². The highest BCUT2D eigenvalue weighted by Gasteiger charge is 2.24. The summed E-state index contributed by atoms with van der Waals surface area (Å²) in [5.74, 6) is -1.66. The van der Waals surface area contributed by atoms with Gasteiger partial charge in [0.2, 0.25) is 0 Å². The van der Waals surface area contributed by atoms with Gasteiger partial charge >= 0.3 is 13.0 Å². The van der Waals surface area contributed by atoms with Crippen LogP contribution in [-0.2, 0) is 4.79 Å². The molecule has 0 spiro atoms. The van der Waals surface area contributed by atoms with Crippen molar-refractivity contribution in [3.63, 3.8) is 0 Å². The highest BCUT2D eigenvalue weighted by molar-refractivity contribution is 6.46. The fourth-order valence-corrected chi connectivity index (χ4v) is 1.77. The molecule has 0 bridgehead atoms. The van der Waals surface area contributed by atoms with Crippen molar-refractivity contribution in [3.8, 4) is 0 Å². The van der Waals surface area contributed by atoms with Gasteiger partial charge in [0.1, 0.15) is 6.04 Å². The normalized spacial score (nSPS) is 11.9. The van der Waals surface area contributed by atoms with Crippen LogP contribution in [-0.4, -0.2) is 35.0 Å². The number of aliphatic carboxylic acids is 1. The lowest BCUT2D eigenvalue weighted by atomic mass is 9.86. The van der Waals surface area contributed by atoms with Gasteiger partial charge in [0, 0.05) is 22.7 Å². The zero-order valence-corrected chi connectivity index (χ0v) is 11.0. The highest BCUT2D eigenvalue weighted by Crippen LogP contribution is 2.19. The van der Waals surface area contributed by atoms with Crippen molar-refractivity contribution in [2.24, 2.45) is 0 Å². The van der Waals surface area contributed by atoms with Gasteiger partial charge in [0.05, 0.1) is 0 Å². The van der Waals surface area contributed by atoms with Crippen LogP contribution in [0.25, 0.3) is 0 Å². The first-order valence-electron chi connectivity index (χ1n) is 5.56. The number of carboxylic acid groups (broad SMARTS) is 1. The topological polar surface area (TPSA) is 113 Å². The Bertz CT molecular complexity index is 496. The first-order chi connectivity index (χ1) is 8.81. The van der Waals surface area contributed by atoms with Gasteiger partial charge in [-0.1, -0.05) is 11.6 Å². The molecule has 19 heavy (non-hydrogen) atoms. The molecule has 0 aromatic heterocycles.